The van der Waals surface area contributed by atoms with Crippen molar-refractivity contribution >= 4 is 11.6 Å². The topological polar surface area (TPSA) is 26.8 Å². The molecule has 0 spiro atoms. The Balaban J connectivity index is 1.82. The summed E-state index contributed by atoms with van der Waals surface area (Å²) in [4.78, 5) is 19.3. The number of likely N-dealkylation sites (N-methyl/N-ethyl adjacent to an activating group) is 1. The second kappa shape index (κ2) is 5.68. The Morgan fingerprint density at radius 1 is 1.24 bits per heavy atom. The molecule has 0 aliphatic carbocycles. The van der Waals surface area contributed by atoms with Crippen LogP contribution in [0.4, 0.5) is 5.69 Å². The molecular formula is C17H25N3O. The minimum absolute atomic E-state index is 0.224. The zero-order valence-electron chi connectivity index (χ0n) is 13.3. The molecule has 1 aromatic carbocycles. The molecule has 1 atom stereocenters. The number of hydrogen-bond donors (Lipinski definition) is 0. The standard InChI is InChI=1S/C17H25N3O/c1-18(2)14-6-7-16-13(11-14)8-10-20(17(16)21)15-5-4-9-19(3)12-15/h6-7,11,15H,4-5,8-10,12H2,1-3H3. The summed E-state index contributed by atoms with van der Waals surface area (Å²) in [7, 11) is 6.23. The summed E-state index contributed by atoms with van der Waals surface area (Å²) in [5.74, 6) is 0.224. The van der Waals surface area contributed by atoms with E-state index in [0.29, 0.717) is 6.04 Å². The van der Waals surface area contributed by atoms with Gasteiger partial charge in [-0.3, -0.25) is 4.79 Å². The van der Waals surface area contributed by atoms with Gasteiger partial charge in [0.15, 0.2) is 0 Å². The van der Waals surface area contributed by atoms with E-state index in [0.717, 1.165) is 38.0 Å². The number of rotatable bonds is 2. The maximum absolute atomic E-state index is 12.8. The molecule has 0 radical (unpaired) electrons. The zero-order chi connectivity index (χ0) is 15.0. The van der Waals surface area contributed by atoms with Crippen molar-refractivity contribution in [2.75, 3.05) is 45.7 Å². The molecule has 3 rings (SSSR count). The van der Waals surface area contributed by atoms with Crippen LogP contribution in [-0.4, -0.2) is 62.5 Å². The largest absolute Gasteiger partial charge is 0.378 e. The molecular weight excluding hydrogens is 262 g/mol. The van der Waals surface area contributed by atoms with Crippen LogP contribution < -0.4 is 4.90 Å². The molecule has 2 aliphatic rings. The number of likely N-dealkylation sites (tertiary alicyclic amines) is 1. The molecule has 21 heavy (non-hydrogen) atoms. The summed E-state index contributed by atoms with van der Waals surface area (Å²) in [5.41, 5.74) is 3.28. The first kappa shape index (κ1) is 14.4. The number of benzene rings is 1. The van der Waals surface area contributed by atoms with Crippen molar-refractivity contribution in [3.63, 3.8) is 0 Å². The lowest BCUT2D eigenvalue weighted by Gasteiger charge is -2.40. The summed E-state index contributed by atoms with van der Waals surface area (Å²) in [6.07, 6.45) is 3.31. The number of carbonyl (C=O) groups is 1. The molecule has 1 aromatic rings. The minimum atomic E-state index is 0.224. The fourth-order valence-electron chi connectivity index (χ4n) is 3.51. The lowest BCUT2D eigenvalue weighted by atomic mass is 9.94. The third kappa shape index (κ3) is 2.77. The number of anilines is 1. The molecule has 2 aliphatic heterocycles. The Labute approximate surface area is 127 Å². The van der Waals surface area contributed by atoms with Crippen LogP contribution in [-0.2, 0) is 6.42 Å². The molecule has 0 N–H and O–H groups in total. The fourth-order valence-corrected chi connectivity index (χ4v) is 3.51. The van der Waals surface area contributed by atoms with Crippen LogP contribution in [0, 0.1) is 0 Å². The van der Waals surface area contributed by atoms with Crippen molar-refractivity contribution in [2.24, 2.45) is 0 Å². The molecule has 0 bridgehead atoms. The van der Waals surface area contributed by atoms with Gasteiger partial charge < -0.3 is 14.7 Å². The Morgan fingerprint density at radius 3 is 2.76 bits per heavy atom. The highest BCUT2D eigenvalue weighted by Gasteiger charge is 2.31. The van der Waals surface area contributed by atoms with Gasteiger partial charge in [-0.15, -0.1) is 0 Å². The maximum atomic E-state index is 12.8. The summed E-state index contributed by atoms with van der Waals surface area (Å²) in [6, 6.07) is 6.61. The Hall–Kier alpha value is -1.55. The number of nitrogens with zero attached hydrogens (tertiary/aromatic N) is 3. The van der Waals surface area contributed by atoms with Crippen LogP contribution in [0.3, 0.4) is 0 Å². The molecule has 4 heteroatoms. The summed E-state index contributed by atoms with van der Waals surface area (Å²) in [6.45, 7) is 3.03. The summed E-state index contributed by atoms with van der Waals surface area (Å²) < 4.78 is 0. The number of piperidine rings is 1. The van der Waals surface area contributed by atoms with Crippen molar-refractivity contribution in [3.8, 4) is 0 Å². The second-order valence-electron chi connectivity index (χ2n) is 6.54. The summed E-state index contributed by atoms with van der Waals surface area (Å²) in [5, 5.41) is 0. The highest BCUT2D eigenvalue weighted by molar-refractivity contribution is 5.97. The van der Waals surface area contributed by atoms with Gasteiger partial charge in [0.1, 0.15) is 0 Å². The van der Waals surface area contributed by atoms with E-state index in [1.807, 2.05) is 26.2 Å². The highest BCUT2D eigenvalue weighted by atomic mass is 16.2. The molecule has 0 aromatic heterocycles. The van der Waals surface area contributed by atoms with E-state index >= 15 is 0 Å². The van der Waals surface area contributed by atoms with Gasteiger partial charge in [-0.1, -0.05) is 0 Å². The van der Waals surface area contributed by atoms with E-state index in [1.165, 1.54) is 17.7 Å². The van der Waals surface area contributed by atoms with Gasteiger partial charge in [-0.05, 0) is 56.6 Å². The van der Waals surface area contributed by atoms with Crippen LogP contribution in [0.2, 0.25) is 0 Å². The van der Waals surface area contributed by atoms with Crippen molar-refractivity contribution in [1.29, 1.82) is 0 Å². The van der Waals surface area contributed by atoms with Gasteiger partial charge >= 0.3 is 0 Å². The van der Waals surface area contributed by atoms with Crippen LogP contribution in [0.25, 0.3) is 0 Å². The molecule has 4 nitrogen and oxygen atoms in total. The quantitative estimate of drug-likeness (QED) is 0.830. The number of fused-ring (bicyclic) bond motifs is 1. The van der Waals surface area contributed by atoms with Gasteiger partial charge in [0.2, 0.25) is 0 Å². The van der Waals surface area contributed by atoms with Crippen LogP contribution in [0.5, 0.6) is 0 Å². The van der Waals surface area contributed by atoms with E-state index in [9.17, 15) is 4.79 Å². The van der Waals surface area contributed by atoms with Gasteiger partial charge in [0.05, 0.1) is 0 Å². The van der Waals surface area contributed by atoms with E-state index < -0.39 is 0 Å². The lowest BCUT2D eigenvalue weighted by molar-refractivity contribution is 0.0554. The predicted molar refractivity (Wildman–Crippen MR) is 86.0 cm³/mol. The van der Waals surface area contributed by atoms with Gasteiger partial charge in [-0.25, -0.2) is 0 Å². The van der Waals surface area contributed by atoms with Crippen molar-refractivity contribution < 1.29 is 4.79 Å². The Morgan fingerprint density at radius 2 is 2.05 bits per heavy atom. The zero-order valence-corrected chi connectivity index (χ0v) is 13.3. The van der Waals surface area contributed by atoms with Crippen LogP contribution in [0.1, 0.15) is 28.8 Å². The minimum Gasteiger partial charge on any atom is -0.378 e. The molecule has 0 saturated carbocycles. The lowest BCUT2D eigenvalue weighted by Crippen LogP contribution is -2.51. The summed E-state index contributed by atoms with van der Waals surface area (Å²) >= 11 is 0. The third-order valence-electron chi connectivity index (χ3n) is 4.76. The molecule has 1 saturated heterocycles. The molecule has 1 unspecified atom stereocenters. The number of amides is 1. The van der Waals surface area contributed by atoms with Gasteiger partial charge in [-0.2, -0.15) is 0 Å². The van der Waals surface area contributed by atoms with Crippen molar-refractivity contribution in [1.82, 2.24) is 9.80 Å². The number of carbonyl (C=O) groups excluding carboxylic acids is 1. The first-order chi connectivity index (χ1) is 10.1. The molecule has 1 amide bonds. The van der Waals surface area contributed by atoms with Gasteiger partial charge in [0.25, 0.3) is 5.91 Å². The first-order valence-corrected chi connectivity index (χ1v) is 7.86. The fraction of sp³-hybridized carbons (Fsp3) is 0.588. The van der Waals surface area contributed by atoms with E-state index in [1.54, 1.807) is 0 Å². The van der Waals surface area contributed by atoms with Crippen molar-refractivity contribution in [2.45, 2.75) is 25.3 Å². The average molecular weight is 287 g/mol. The van der Waals surface area contributed by atoms with Crippen LogP contribution in [0.15, 0.2) is 18.2 Å². The van der Waals surface area contributed by atoms with E-state index in [2.05, 4.69) is 27.8 Å². The van der Waals surface area contributed by atoms with Gasteiger partial charge in [0, 0.05) is 44.5 Å². The number of hydrogen-bond acceptors (Lipinski definition) is 3. The SMILES string of the molecule is CN1CCCC(N2CCc3cc(N(C)C)ccc3C2=O)C1. The highest BCUT2D eigenvalue weighted by Crippen LogP contribution is 2.27. The molecule has 114 valence electrons. The Bertz CT molecular complexity index is 541. The van der Waals surface area contributed by atoms with Crippen molar-refractivity contribution in [3.05, 3.63) is 29.3 Å². The molecule has 1 fully saturated rings. The smallest absolute Gasteiger partial charge is 0.254 e. The van der Waals surface area contributed by atoms with E-state index in [4.69, 9.17) is 0 Å². The predicted octanol–water partition coefficient (Wildman–Crippen LogP) is 1.85. The monoisotopic (exact) mass is 287 g/mol. The second-order valence-corrected chi connectivity index (χ2v) is 6.54. The third-order valence-corrected chi connectivity index (χ3v) is 4.76. The van der Waals surface area contributed by atoms with Crippen LogP contribution >= 0.6 is 0 Å². The Kier molecular flexibility index (Phi) is 3.89. The van der Waals surface area contributed by atoms with E-state index in [-0.39, 0.29) is 5.91 Å². The average Bonchev–Trinajstić information content (AvgIpc) is 2.47. The first-order valence-electron chi connectivity index (χ1n) is 7.86. The maximum Gasteiger partial charge on any atom is 0.254 e. The molecule has 2 heterocycles. The normalized spacial score (nSPS) is 23.1.